The van der Waals surface area contributed by atoms with Crippen molar-refractivity contribution < 1.29 is 13.2 Å². The molecule has 0 radical (unpaired) electrons. The maximum absolute atomic E-state index is 13.0. The number of carbonyl (C=O) groups is 1. The summed E-state index contributed by atoms with van der Waals surface area (Å²) in [7, 11) is 3.40. The van der Waals surface area contributed by atoms with Crippen molar-refractivity contribution in [3.05, 3.63) is 58.6 Å². The monoisotopic (exact) mass is 437 g/mol. The molecule has 0 atom stereocenters. The van der Waals surface area contributed by atoms with Crippen LogP contribution in [0.2, 0.25) is 5.02 Å². The molecule has 0 N–H and O–H groups in total. The highest BCUT2D eigenvalue weighted by Crippen LogP contribution is 2.25. The fraction of sp³-hybridized carbons (Fsp3) is 0.381. The van der Waals surface area contributed by atoms with Gasteiger partial charge in [0, 0.05) is 46.5 Å². The van der Waals surface area contributed by atoms with Gasteiger partial charge >= 0.3 is 0 Å². The molecule has 0 aromatic heterocycles. The Labute approximate surface area is 178 Å². The quantitative estimate of drug-likeness (QED) is 0.662. The highest BCUT2D eigenvalue weighted by atomic mass is 35.5. The van der Waals surface area contributed by atoms with E-state index in [2.05, 4.69) is 0 Å². The molecule has 2 aromatic carbocycles. The maximum atomic E-state index is 13.0. The van der Waals surface area contributed by atoms with Crippen molar-refractivity contribution >= 4 is 33.2 Å². The van der Waals surface area contributed by atoms with Gasteiger partial charge in [-0.1, -0.05) is 23.7 Å². The Bertz CT molecular complexity index is 973. The molecule has 0 saturated carbocycles. The predicted molar refractivity (Wildman–Crippen MR) is 118 cm³/mol. The third-order valence-corrected chi connectivity index (χ3v) is 7.15. The zero-order valence-electron chi connectivity index (χ0n) is 17.7. The molecule has 0 aliphatic heterocycles. The molecule has 0 heterocycles. The van der Waals surface area contributed by atoms with Crippen molar-refractivity contribution in [1.29, 1.82) is 0 Å². The van der Waals surface area contributed by atoms with E-state index in [0.29, 0.717) is 6.54 Å². The minimum Gasteiger partial charge on any atom is -0.378 e. The predicted octanol–water partition coefficient (Wildman–Crippen LogP) is 3.71. The fourth-order valence-electron chi connectivity index (χ4n) is 2.72. The minimum absolute atomic E-state index is 0.0465. The third kappa shape index (κ3) is 5.29. The van der Waals surface area contributed by atoms with E-state index >= 15 is 0 Å². The van der Waals surface area contributed by atoms with Crippen LogP contribution >= 0.6 is 11.6 Å². The number of carbonyl (C=O) groups excluding carboxylic acids is 1. The van der Waals surface area contributed by atoms with E-state index in [1.807, 2.05) is 43.3 Å². The Morgan fingerprint density at radius 2 is 1.59 bits per heavy atom. The molecule has 2 aromatic rings. The standard InChI is InChI=1S/C21H28ClN3O3S/c1-15(2)25(6)29(27,28)18-11-12-20(22)19(13-18)21(26)24(5)14-16-7-9-17(10-8-16)23(3)4/h7-13,15H,14H2,1-6H3. The summed E-state index contributed by atoms with van der Waals surface area (Å²) in [5, 5.41) is 0.218. The van der Waals surface area contributed by atoms with Gasteiger partial charge in [-0.3, -0.25) is 4.79 Å². The average Bonchev–Trinajstić information content (AvgIpc) is 2.67. The van der Waals surface area contributed by atoms with Gasteiger partial charge < -0.3 is 9.80 Å². The van der Waals surface area contributed by atoms with Gasteiger partial charge in [-0.15, -0.1) is 0 Å². The number of hydrogen-bond acceptors (Lipinski definition) is 4. The lowest BCUT2D eigenvalue weighted by molar-refractivity contribution is 0.0785. The molecule has 0 aliphatic carbocycles. The summed E-state index contributed by atoms with van der Waals surface area (Å²) in [6.45, 7) is 3.95. The minimum atomic E-state index is -3.71. The van der Waals surface area contributed by atoms with Gasteiger partial charge in [0.1, 0.15) is 0 Å². The Morgan fingerprint density at radius 1 is 1.00 bits per heavy atom. The van der Waals surface area contributed by atoms with Crippen molar-refractivity contribution in [2.75, 3.05) is 33.1 Å². The normalized spacial score (nSPS) is 11.8. The number of amides is 1. The summed E-state index contributed by atoms with van der Waals surface area (Å²) < 4.78 is 26.8. The van der Waals surface area contributed by atoms with Crippen LogP contribution in [-0.2, 0) is 16.6 Å². The molecule has 158 valence electrons. The van der Waals surface area contributed by atoms with E-state index in [9.17, 15) is 13.2 Å². The number of nitrogens with zero attached hydrogens (tertiary/aromatic N) is 3. The van der Waals surface area contributed by atoms with E-state index in [0.717, 1.165) is 11.3 Å². The topological polar surface area (TPSA) is 60.9 Å². The first-order valence-electron chi connectivity index (χ1n) is 9.24. The Balaban J connectivity index is 2.28. The molecule has 0 spiro atoms. The highest BCUT2D eigenvalue weighted by Gasteiger charge is 2.25. The second-order valence-electron chi connectivity index (χ2n) is 7.48. The Kier molecular flexibility index (Phi) is 7.32. The van der Waals surface area contributed by atoms with Crippen LogP contribution in [0.3, 0.4) is 0 Å². The zero-order valence-corrected chi connectivity index (χ0v) is 19.3. The van der Waals surface area contributed by atoms with Crippen molar-refractivity contribution in [3.63, 3.8) is 0 Å². The van der Waals surface area contributed by atoms with E-state index in [-0.39, 0.29) is 27.4 Å². The van der Waals surface area contributed by atoms with E-state index in [4.69, 9.17) is 11.6 Å². The van der Waals surface area contributed by atoms with Crippen LogP contribution in [0.4, 0.5) is 5.69 Å². The van der Waals surface area contributed by atoms with Crippen LogP contribution in [0.15, 0.2) is 47.4 Å². The third-order valence-electron chi connectivity index (χ3n) is 4.79. The lowest BCUT2D eigenvalue weighted by Gasteiger charge is -2.22. The molecule has 1 amide bonds. The van der Waals surface area contributed by atoms with E-state index in [1.54, 1.807) is 20.9 Å². The van der Waals surface area contributed by atoms with Gasteiger partial charge in [0.2, 0.25) is 10.0 Å². The van der Waals surface area contributed by atoms with Crippen molar-refractivity contribution in [2.24, 2.45) is 0 Å². The average molecular weight is 438 g/mol. The largest absolute Gasteiger partial charge is 0.378 e. The molecular formula is C21H28ClN3O3S. The molecule has 0 saturated heterocycles. The molecule has 2 rings (SSSR count). The first-order valence-corrected chi connectivity index (χ1v) is 11.1. The lowest BCUT2D eigenvalue weighted by atomic mass is 10.1. The smallest absolute Gasteiger partial charge is 0.255 e. The summed E-state index contributed by atoms with van der Waals surface area (Å²) in [6, 6.07) is 11.9. The number of anilines is 1. The molecule has 8 heteroatoms. The first kappa shape index (κ1) is 23.2. The molecule has 29 heavy (non-hydrogen) atoms. The van der Waals surface area contributed by atoms with Crippen LogP contribution in [0.5, 0.6) is 0 Å². The Hall–Kier alpha value is -2.09. The molecule has 0 aliphatic rings. The highest BCUT2D eigenvalue weighted by molar-refractivity contribution is 7.89. The molecule has 0 fully saturated rings. The molecule has 0 bridgehead atoms. The first-order chi connectivity index (χ1) is 13.4. The van der Waals surface area contributed by atoms with Crippen molar-refractivity contribution in [2.45, 2.75) is 31.3 Å². The zero-order chi connectivity index (χ0) is 21.9. The molecule has 6 nitrogen and oxygen atoms in total. The summed E-state index contributed by atoms with van der Waals surface area (Å²) in [6.07, 6.45) is 0. The van der Waals surface area contributed by atoms with Gasteiger partial charge in [0.05, 0.1) is 15.5 Å². The van der Waals surface area contributed by atoms with E-state index in [1.165, 1.54) is 34.5 Å². The van der Waals surface area contributed by atoms with Crippen LogP contribution < -0.4 is 4.90 Å². The van der Waals surface area contributed by atoms with Crippen molar-refractivity contribution in [3.8, 4) is 0 Å². The second kappa shape index (κ2) is 9.15. The number of hydrogen-bond donors (Lipinski definition) is 0. The Morgan fingerprint density at radius 3 is 2.10 bits per heavy atom. The van der Waals surface area contributed by atoms with Gasteiger partial charge in [-0.2, -0.15) is 4.31 Å². The van der Waals surface area contributed by atoms with Gasteiger partial charge in [0.25, 0.3) is 5.91 Å². The molecular weight excluding hydrogens is 410 g/mol. The SMILES string of the molecule is CC(C)N(C)S(=O)(=O)c1ccc(Cl)c(C(=O)N(C)Cc2ccc(N(C)C)cc2)c1. The van der Waals surface area contributed by atoms with Crippen LogP contribution in [-0.4, -0.2) is 57.8 Å². The van der Waals surface area contributed by atoms with Crippen LogP contribution in [0.1, 0.15) is 29.8 Å². The lowest BCUT2D eigenvalue weighted by Crippen LogP contribution is -2.33. The second-order valence-corrected chi connectivity index (χ2v) is 9.88. The number of halogens is 1. The van der Waals surface area contributed by atoms with E-state index < -0.39 is 10.0 Å². The summed E-state index contributed by atoms with van der Waals surface area (Å²) in [4.78, 5) is 16.5. The van der Waals surface area contributed by atoms with Gasteiger partial charge in [-0.25, -0.2) is 8.42 Å². The number of benzene rings is 2. The summed E-state index contributed by atoms with van der Waals surface area (Å²) >= 11 is 6.22. The fourth-order valence-corrected chi connectivity index (χ4v) is 4.32. The number of sulfonamides is 1. The maximum Gasteiger partial charge on any atom is 0.255 e. The van der Waals surface area contributed by atoms with Gasteiger partial charge in [0.15, 0.2) is 0 Å². The van der Waals surface area contributed by atoms with Crippen LogP contribution in [0.25, 0.3) is 0 Å². The summed E-state index contributed by atoms with van der Waals surface area (Å²) in [5.74, 6) is -0.337. The van der Waals surface area contributed by atoms with Gasteiger partial charge in [-0.05, 0) is 49.7 Å². The van der Waals surface area contributed by atoms with Crippen molar-refractivity contribution in [1.82, 2.24) is 9.21 Å². The van der Waals surface area contributed by atoms with Crippen LogP contribution in [0, 0.1) is 0 Å². The number of rotatable bonds is 7. The molecule has 0 unspecified atom stereocenters. The summed E-state index contributed by atoms with van der Waals surface area (Å²) in [5.41, 5.74) is 2.20.